The first-order valence-corrected chi connectivity index (χ1v) is 12.3. The summed E-state index contributed by atoms with van der Waals surface area (Å²) in [5.41, 5.74) is -0.175. The minimum absolute atomic E-state index is 0.00865. The van der Waals surface area contributed by atoms with Crippen LogP contribution in [0.1, 0.15) is 33.6 Å². The number of ether oxygens (including phenoxy) is 3. The van der Waals surface area contributed by atoms with Crippen LogP contribution in [0.2, 0.25) is 0 Å². The van der Waals surface area contributed by atoms with Crippen molar-refractivity contribution in [2.24, 2.45) is 5.41 Å². The molecule has 150 valence electrons. The maximum atomic E-state index is 11.8. The van der Waals surface area contributed by atoms with Crippen LogP contribution in [0.5, 0.6) is 11.5 Å². The molecule has 1 aliphatic rings. The number of fused-ring (bicyclic) bond motifs is 1. The molecule has 6 nitrogen and oxygen atoms in total. The number of hydrogen-bond acceptors (Lipinski definition) is 7. The molecule has 26 heavy (non-hydrogen) atoms. The van der Waals surface area contributed by atoms with Gasteiger partial charge >= 0.3 is 0 Å². The van der Waals surface area contributed by atoms with Crippen molar-refractivity contribution in [3.05, 3.63) is 7.57 Å². The van der Waals surface area contributed by atoms with E-state index in [2.05, 4.69) is 31.9 Å². The lowest BCUT2D eigenvalue weighted by atomic mass is 9.99. The second-order valence-electron chi connectivity index (χ2n) is 7.23. The SMILES string of the molecule is CC(C)(C)COS(=O)(=O)CCCCOCC1COc2c(Br)sc(Br)c2O1. The Hall–Kier alpha value is 0.130. The monoisotopic (exact) mass is 534 g/mol. The van der Waals surface area contributed by atoms with Crippen LogP contribution in [0.4, 0.5) is 0 Å². The van der Waals surface area contributed by atoms with Gasteiger partial charge in [0.15, 0.2) is 17.6 Å². The van der Waals surface area contributed by atoms with Gasteiger partial charge < -0.3 is 14.2 Å². The van der Waals surface area contributed by atoms with Crippen LogP contribution in [0.25, 0.3) is 0 Å². The summed E-state index contributed by atoms with van der Waals surface area (Å²) in [7, 11) is -3.47. The molecule has 10 heteroatoms. The number of rotatable bonds is 9. The first-order chi connectivity index (χ1) is 12.1. The van der Waals surface area contributed by atoms with Crippen molar-refractivity contribution in [1.29, 1.82) is 0 Å². The van der Waals surface area contributed by atoms with Crippen LogP contribution in [0.15, 0.2) is 7.57 Å². The van der Waals surface area contributed by atoms with E-state index < -0.39 is 10.1 Å². The predicted molar refractivity (Wildman–Crippen MR) is 109 cm³/mol. The molecule has 2 heterocycles. The van der Waals surface area contributed by atoms with E-state index in [0.717, 1.165) is 13.3 Å². The van der Waals surface area contributed by atoms with Crippen molar-refractivity contribution >= 4 is 53.3 Å². The molecule has 1 unspecified atom stereocenters. The highest BCUT2D eigenvalue weighted by molar-refractivity contribution is 9.12. The minimum Gasteiger partial charge on any atom is -0.484 e. The Bertz CT molecular complexity index is 696. The van der Waals surface area contributed by atoms with Gasteiger partial charge in [-0.25, -0.2) is 0 Å². The van der Waals surface area contributed by atoms with Crippen molar-refractivity contribution in [2.75, 3.05) is 32.2 Å². The van der Waals surface area contributed by atoms with Crippen LogP contribution in [-0.2, 0) is 19.0 Å². The minimum atomic E-state index is -3.47. The molecule has 0 spiro atoms. The van der Waals surface area contributed by atoms with Crippen molar-refractivity contribution in [2.45, 2.75) is 39.7 Å². The van der Waals surface area contributed by atoms with Crippen molar-refractivity contribution in [1.82, 2.24) is 0 Å². The molecule has 0 N–H and O–H groups in total. The van der Waals surface area contributed by atoms with Crippen LogP contribution in [-0.4, -0.2) is 46.7 Å². The first-order valence-electron chi connectivity index (χ1n) is 8.29. The summed E-state index contributed by atoms with van der Waals surface area (Å²) >= 11 is 8.39. The van der Waals surface area contributed by atoms with Gasteiger partial charge in [0.1, 0.15) is 14.2 Å². The summed E-state index contributed by atoms with van der Waals surface area (Å²) in [6.07, 6.45) is 0.964. The molecule has 0 saturated carbocycles. The number of unbranched alkanes of at least 4 members (excludes halogenated alkanes) is 1. The molecule has 0 bridgehead atoms. The molecule has 0 amide bonds. The van der Waals surface area contributed by atoms with E-state index in [9.17, 15) is 8.42 Å². The summed E-state index contributed by atoms with van der Waals surface area (Å²) in [4.78, 5) is 0. The summed E-state index contributed by atoms with van der Waals surface area (Å²) in [6.45, 7) is 7.28. The van der Waals surface area contributed by atoms with Crippen molar-refractivity contribution in [3.63, 3.8) is 0 Å². The second kappa shape index (κ2) is 9.56. The third kappa shape index (κ3) is 7.27. The summed E-state index contributed by atoms with van der Waals surface area (Å²) in [6, 6.07) is 0. The maximum Gasteiger partial charge on any atom is 0.267 e. The van der Waals surface area contributed by atoms with E-state index in [1.165, 1.54) is 11.3 Å². The third-order valence-corrected chi connectivity index (χ3v) is 7.04. The lowest BCUT2D eigenvalue weighted by Gasteiger charge is -2.25. The highest BCUT2D eigenvalue weighted by Crippen LogP contribution is 2.50. The molecule has 0 fully saturated rings. The Labute approximate surface area is 175 Å². The van der Waals surface area contributed by atoms with Crippen molar-refractivity contribution < 1.29 is 26.8 Å². The normalized spacial score (nSPS) is 17.5. The standard InChI is InChI=1S/C16H24Br2O6S2/c1-16(2,3)10-23-26(19,20)7-5-4-6-21-8-11-9-22-12-13(24-11)15(18)25-14(12)17/h11H,4-10H2,1-3H3. The zero-order valence-corrected chi connectivity index (χ0v) is 19.9. The first kappa shape index (κ1) is 22.4. The Kier molecular flexibility index (Phi) is 8.24. The van der Waals surface area contributed by atoms with E-state index in [-0.39, 0.29) is 23.9 Å². The molecule has 0 aliphatic carbocycles. The maximum absolute atomic E-state index is 11.8. The number of halogens is 2. The molecule has 1 atom stereocenters. The lowest BCUT2D eigenvalue weighted by Crippen LogP contribution is -2.33. The molecule has 0 saturated heterocycles. The van der Waals surface area contributed by atoms with E-state index in [1.807, 2.05) is 20.8 Å². The molecule has 0 aromatic carbocycles. The number of hydrogen-bond donors (Lipinski definition) is 0. The third-order valence-electron chi connectivity index (χ3n) is 3.35. The fourth-order valence-corrected chi connectivity index (χ4v) is 6.09. The van der Waals surface area contributed by atoms with Gasteiger partial charge in [0.05, 0.1) is 19.0 Å². The fraction of sp³-hybridized carbons (Fsp3) is 0.750. The Morgan fingerprint density at radius 1 is 1.19 bits per heavy atom. The molecule has 1 aromatic heterocycles. The number of thiophene rings is 1. The van der Waals surface area contributed by atoms with E-state index in [1.54, 1.807) is 0 Å². The molecular weight excluding hydrogens is 512 g/mol. The zero-order chi connectivity index (χ0) is 19.4. The Morgan fingerprint density at radius 3 is 2.58 bits per heavy atom. The molecule has 1 aliphatic heterocycles. The quantitative estimate of drug-likeness (QED) is 0.340. The van der Waals surface area contributed by atoms with Crippen molar-refractivity contribution in [3.8, 4) is 11.5 Å². The van der Waals surface area contributed by atoms with Crippen LogP contribution >= 0.6 is 43.2 Å². The molecule has 1 aromatic rings. The topological polar surface area (TPSA) is 71.1 Å². The molecule has 2 rings (SSSR count). The molecular formula is C16H24Br2O6S2. The van der Waals surface area contributed by atoms with E-state index in [4.69, 9.17) is 18.4 Å². The van der Waals surface area contributed by atoms with Gasteiger partial charge in [-0.05, 0) is 50.1 Å². The van der Waals surface area contributed by atoms with Crippen LogP contribution < -0.4 is 9.47 Å². The van der Waals surface area contributed by atoms with Gasteiger partial charge in [-0.1, -0.05) is 20.8 Å². The van der Waals surface area contributed by atoms with E-state index in [0.29, 0.717) is 38.4 Å². The highest BCUT2D eigenvalue weighted by Gasteiger charge is 2.27. The average Bonchev–Trinajstić information content (AvgIpc) is 2.83. The average molecular weight is 536 g/mol. The largest absolute Gasteiger partial charge is 0.484 e. The molecule has 0 radical (unpaired) electrons. The van der Waals surface area contributed by atoms with Gasteiger partial charge in [0.25, 0.3) is 10.1 Å². The summed E-state index contributed by atoms with van der Waals surface area (Å²) in [5.74, 6) is 1.43. The van der Waals surface area contributed by atoms with Gasteiger partial charge in [-0.3, -0.25) is 4.18 Å². The fourth-order valence-electron chi connectivity index (χ4n) is 2.05. The zero-order valence-electron chi connectivity index (χ0n) is 15.0. The second-order valence-corrected chi connectivity index (χ2v) is 12.6. The van der Waals surface area contributed by atoms with Crippen LogP contribution in [0.3, 0.4) is 0 Å². The smallest absolute Gasteiger partial charge is 0.267 e. The van der Waals surface area contributed by atoms with E-state index >= 15 is 0 Å². The predicted octanol–water partition coefficient (Wildman–Crippen LogP) is 4.60. The van der Waals surface area contributed by atoms with Crippen LogP contribution in [0, 0.1) is 5.41 Å². The Morgan fingerprint density at radius 2 is 1.88 bits per heavy atom. The van der Waals surface area contributed by atoms with Gasteiger partial charge in [0.2, 0.25) is 0 Å². The summed E-state index contributed by atoms with van der Waals surface area (Å²) < 4.78 is 47.6. The van der Waals surface area contributed by atoms with Gasteiger partial charge in [-0.15, -0.1) is 11.3 Å². The summed E-state index contributed by atoms with van der Waals surface area (Å²) in [5, 5.41) is 0. The Balaban J connectivity index is 1.61. The highest BCUT2D eigenvalue weighted by atomic mass is 79.9. The van der Waals surface area contributed by atoms with Gasteiger partial charge in [-0.2, -0.15) is 8.42 Å². The lowest BCUT2D eigenvalue weighted by molar-refractivity contribution is 0.00805. The van der Waals surface area contributed by atoms with Gasteiger partial charge in [0, 0.05) is 6.61 Å².